The summed E-state index contributed by atoms with van der Waals surface area (Å²) in [4.78, 5) is 3.28. The zero-order chi connectivity index (χ0) is 14.4. The fourth-order valence-corrected chi connectivity index (χ4v) is 1.36. The Morgan fingerprint density at radius 2 is 1.56 bits per heavy atom. The van der Waals surface area contributed by atoms with Crippen LogP contribution in [0.25, 0.3) is 0 Å². The Morgan fingerprint density at radius 3 is 1.89 bits per heavy atom. The van der Waals surface area contributed by atoms with Gasteiger partial charge in [-0.1, -0.05) is 11.6 Å². The molecule has 0 atom stereocenters. The van der Waals surface area contributed by atoms with Gasteiger partial charge in [0.25, 0.3) is 5.60 Å². The van der Waals surface area contributed by atoms with E-state index in [1.54, 1.807) is 0 Å². The molecule has 0 aromatic carbocycles. The quantitative estimate of drug-likeness (QED) is 0.806. The number of aromatic nitrogens is 1. The van der Waals surface area contributed by atoms with Crippen molar-refractivity contribution in [3.8, 4) is 0 Å². The maximum Gasteiger partial charge on any atom is 0.430 e. The minimum atomic E-state index is -5.94. The molecular weight excluding hydrogens is 288 g/mol. The molecule has 0 spiro atoms. The molecule has 1 N–H and O–H groups in total. The summed E-state index contributed by atoms with van der Waals surface area (Å²) in [6, 6.07) is 0.394. The van der Waals surface area contributed by atoms with Crippen molar-refractivity contribution in [3.63, 3.8) is 0 Å². The van der Waals surface area contributed by atoms with E-state index in [9.17, 15) is 26.3 Å². The van der Waals surface area contributed by atoms with E-state index in [2.05, 4.69) is 4.98 Å². The van der Waals surface area contributed by atoms with E-state index < -0.39 is 28.5 Å². The van der Waals surface area contributed by atoms with Crippen molar-refractivity contribution in [2.75, 3.05) is 0 Å². The van der Waals surface area contributed by atoms with Gasteiger partial charge in [-0.2, -0.15) is 26.3 Å². The van der Waals surface area contributed by atoms with E-state index in [0.717, 1.165) is 0 Å². The Hall–Kier alpha value is -1.02. The summed E-state index contributed by atoms with van der Waals surface area (Å²) in [5.41, 5.74) is -6.42. The Balaban J connectivity index is 3.51. The summed E-state index contributed by atoms with van der Waals surface area (Å²) < 4.78 is 74.9. The lowest BCUT2D eigenvalue weighted by atomic mass is 9.93. The first kappa shape index (κ1) is 15.0. The van der Waals surface area contributed by atoms with Gasteiger partial charge in [-0.25, -0.2) is 0 Å². The third-order valence-electron chi connectivity index (χ3n) is 2.26. The van der Waals surface area contributed by atoms with Gasteiger partial charge in [0.1, 0.15) is 0 Å². The maximum absolute atomic E-state index is 12.5. The molecule has 0 unspecified atom stereocenters. The van der Waals surface area contributed by atoms with Gasteiger partial charge >= 0.3 is 12.4 Å². The smallest absolute Gasteiger partial charge is 0.369 e. The van der Waals surface area contributed by atoms with Crippen LogP contribution in [-0.2, 0) is 5.60 Å². The summed E-state index contributed by atoms with van der Waals surface area (Å²) in [6.45, 7) is 1.30. The number of pyridine rings is 1. The van der Waals surface area contributed by atoms with Gasteiger partial charge in [0.15, 0.2) is 0 Å². The van der Waals surface area contributed by atoms with Crippen molar-refractivity contribution in [3.05, 3.63) is 28.5 Å². The van der Waals surface area contributed by atoms with Crippen LogP contribution in [0.3, 0.4) is 0 Å². The van der Waals surface area contributed by atoms with Crippen molar-refractivity contribution in [2.45, 2.75) is 24.9 Å². The van der Waals surface area contributed by atoms with Gasteiger partial charge in [-0.05, 0) is 13.0 Å². The van der Waals surface area contributed by atoms with E-state index in [-0.39, 0.29) is 5.69 Å². The first-order valence-electron chi connectivity index (χ1n) is 4.39. The Kier molecular flexibility index (Phi) is 3.57. The maximum atomic E-state index is 12.5. The van der Waals surface area contributed by atoms with Crippen LogP contribution in [0.15, 0.2) is 12.3 Å². The largest absolute Gasteiger partial charge is 0.430 e. The number of aliphatic hydroxyl groups is 1. The van der Waals surface area contributed by atoms with Crippen LogP contribution in [0.2, 0.25) is 5.02 Å². The van der Waals surface area contributed by atoms with Crippen LogP contribution in [0.1, 0.15) is 11.3 Å². The monoisotopic (exact) mass is 293 g/mol. The highest BCUT2D eigenvalue weighted by Gasteiger charge is 2.71. The fraction of sp³-hybridized carbons (Fsp3) is 0.444. The number of nitrogens with zero attached hydrogens (tertiary/aromatic N) is 1. The van der Waals surface area contributed by atoms with Crippen molar-refractivity contribution >= 4 is 11.6 Å². The van der Waals surface area contributed by atoms with Crippen LogP contribution >= 0.6 is 11.6 Å². The fourth-order valence-electron chi connectivity index (χ4n) is 1.19. The molecule has 1 rings (SSSR count). The Morgan fingerprint density at radius 1 is 1.11 bits per heavy atom. The van der Waals surface area contributed by atoms with Crippen molar-refractivity contribution < 1.29 is 31.4 Å². The van der Waals surface area contributed by atoms with Crippen molar-refractivity contribution in [1.82, 2.24) is 4.98 Å². The van der Waals surface area contributed by atoms with E-state index in [1.807, 2.05) is 0 Å². The molecule has 0 aliphatic rings. The summed E-state index contributed by atoms with van der Waals surface area (Å²) in [5, 5.41) is 8.62. The van der Waals surface area contributed by atoms with E-state index in [0.29, 0.717) is 12.3 Å². The lowest BCUT2D eigenvalue weighted by Gasteiger charge is -2.32. The van der Waals surface area contributed by atoms with E-state index >= 15 is 0 Å². The standard InChI is InChI=1S/C9H6ClF6NO/c1-4-6(10)2-5(3-17-4)7(18,8(11,12)13)9(14,15)16/h2-3,18H,1H3. The second kappa shape index (κ2) is 4.27. The first-order valence-corrected chi connectivity index (χ1v) is 4.77. The molecule has 0 radical (unpaired) electrons. The summed E-state index contributed by atoms with van der Waals surface area (Å²) in [5.74, 6) is 0. The van der Waals surface area contributed by atoms with Gasteiger partial charge in [0.05, 0.1) is 10.7 Å². The highest BCUT2D eigenvalue weighted by molar-refractivity contribution is 6.31. The molecule has 0 fully saturated rings. The molecule has 0 aliphatic carbocycles. The predicted octanol–water partition coefficient (Wildman–Crippen LogP) is 3.36. The van der Waals surface area contributed by atoms with E-state index in [4.69, 9.17) is 16.7 Å². The lowest BCUT2D eigenvalue weighted by Crippen LogP contribution is -2.54. The number of hydrogen-bond acceptors (Lipinski definition) is 2. The molecule has 102 valence electrons. The van der Waals surface area contributed by atoms with Gasteiger partial charge < -0.3 is 5.11 Å². The van der Waals surface area contributed by atoms with Gasteiger partial charge in [0.2, 0.25) is 0 Å². The van der Waals surface area contributed by atoms with Crippen LogP contribution < -0.4 is 0 Å². The molecule has 1 aromatic heterocycles. The normalized spacial score (nSPS) is 13.8. The Labute approximate surface area is 102 Å². The van der Waals surface area contributed by atoms with Gasteiger partial charge in [-0.3, -0.25) is 4.98 Å². The van der Waals surface area contributed by atoms with Gasteiger partial charge in [-0.15, -0.1) is 0 Å². The molecule has 0 saturated carbocycles. The number of rotatable bonds is 1. The van der Waals surface area contributed by atoms with Crippen LogP contribution in [-0.4, -0.2) is 22.4 Å². The van der Waals surface area contributed by atoms with E-state index in [1.165, 1.54) is 6.92 Å². The van der Waals surface area contributed by atoms with Crippen LogP contribution in [0, 0.1) is 6.92 Å². The zero-order valence-electron chi connectivity index (χ0n) is 8.69. The molecule has 1 aromatic rings. The van der Waals surface area contributed by atoms with Crippen LogP contribution in [0.5, 0.6) is 0 Å². The summed E-state index contributed by atoms with van der Waals surface area (Å²) >= 11 is 5.41. The number of halogens is 7. The third kappa shape index (κ3) is 2.26. The predicted molar refractivity (Wildman–Crippen MR) is 50.0 cm³/mol. The zero-order valence-corrected chi connectivity index (χ0v) is 9.45. The molecule has 2 nitrogen and oxygen atoms in total. The summed E-state index contributed by atoms with van der Waals surface area (Å²) in [6.07, 6.45) is -11.6. The molecular formula is C9H6ClF6NO. The SMILES string of the molecule is Cc1ncc(C(O)(C(F)(F)F)C(F)(F)F)cc1Cl. The number of aryl methyl sites for hydroxylation is 1. The number of alkyl halides is 6. The second-order valence-corrected chi connectivity index (χ2v) is 3.90. The molecule has 9 heteroatoms. The molecule has 0 bridgehead atoms. The molecule has 1 heterocycles. The second-order valence-electron chi connectivity index (χ2n) is 3.50. The average molecular weight is 294 g/mol. The average Bonchev–Trinajstić information content (AvgIpc) is 2.17. The van der Waals surface area contributed by atoms with Crippen molar-refractivity contribution in [1.29, 1.82) is 0 Å². The van der Waals surface area contributed by atoms with Gasteiger partial charge in [0, 0.05) is 11.8 Å². The third-order valence-corrected chi connectivity index (χ3v) is 2.65. The first-order chi connectivity index (χ1) is 7.91. The highest BCUT2D eigenvalue weighted by Crippen LogP contribution is 2.50. The molecule has 18 heavy (non-hydrogen) atoms. The van der Waals surface area contributed by atoms with Crippen molar-refractivity contribution in [2.24, 2.45) is 0 Å². The molecule has 0 aliphatic heterocycles. The minimum Gasteiger partial charge on any atom is -0.369 e. The topological polar surface area (TPSA) is 33.1 Å². The lowest BCUT2D eigenvalue weighted by molar-refractivity contribution is -0.376. The molecule has 0 amide bonds. The highest BCUT2D eigenvalue weighted by atomic mass is 35.5. The minimum absolute atomic E-state index is 0.0483. The molecule has 0 saturated heterocycles. The Bertz CT molecular complexity index is 441. The van der Waals surface area contributed by atoms with Crippen LogP contribution in [0.4, 0.5) is 26.3 Å². The number of hydrogen-bond donors (Lipinski definition) is 1. The summed E-state index contributed by atoms with van der Waals surface area (Å²) in [7, 11) is 0.